The van der Waals surface area contributed by atoms with Gasteiger partial charge in [-0.05, 0) is 43.2 Å². The van der Waals surface area contributed by atoms with Crippen molar-refractivity contribution in [2.45, 2.75) is 32.2 Å². The molecule has 4 atom stereocenters. The number of hydrogen-bond acceptors (Lipinski definition) is 3. The SMILES string of the molecule is CC(=O)C1=NN(c2ccccc2)[C@@H]2[C@H]3CC[C@H](C3)[C@H]12. The minimum absolute atomic E-state index is 0.154. The summed E-state index contributed by atoms with van der Waals surface area (Å²) in [5, 5.41) is 6.81. The maximum absolute atomic E-state index is 11.9. The lowest BCUT2D eigenvalue weighted by molar-refractivity contribution is -0.111. The first-order chi connectivity index (χ1) is 9.25. The number of rotatable bonds is 2. The van der Waals surface area contributed by atoms with Gasteiger partial charge in [-0.1, -0.05) is 18.2 Å². The number of carbonyl (C=O) groups is 1. The van der Waals surface area contributed by atoms with Crippen molar-refractivity contribution < 1.29 is 4.79 Å². The number of benzene rings is 1. The summed E-state index contributed by atoms with van der Waals surface area (Å²) >= 11 is 0. The number of carbonyl (C=O) groups excluding carboxylic acids is 1. The van der Waals surface area contributed by atoms with Gasteiger partial charge in [0.2, 0.25) is 0 Å². The molecule has 2 saturated carbocycles. The van der Waals surface area contributed by atoms with E-state index >= 15 is 0 Å². The number of fused-ring (bicyclic) bond motifs is 5. The molecule has 0 aromatic heterocycles. The first kappa shape index (κ1) is 11.2. The van der Waals surface area contributed by atoms with E-state index < -0.39 is 0 Å². The number of nitrogens with zero attached hydrogens (tertiary/aromatic N) is 2. The highest BCUT2D eigenvalue weighted by atomic mass is 16.1. The van der Waals surface area contributed by atoms with Crippen molar-refractivity contribution in [1.82, 2.24) is 0 Å². The van der Waals surface area contributed by atoms with Crippen LogP contribution in [0.25, 0.3) is 0 Å². The van der Waals surface area contributed by atoms with Crippen molar-refractivity contribution in [3.8, 4) is 0 Å². The van der Waals surface area contributed by atoms with Crippen molar-refractivity contribution in [3.05, 3.63) is 30.3 Å². The standard InChI is InChI=1S/C16H18N2O/c1-10(19)15-14-11-7-8-12(9-11)16(14)18(17-15)13-5-3-2-4-6-13/h2-6,11-12,14,16H,7-9H2,1H3/t11-,12+,14-,16-/m1/s1. The van der Waals surface area contributed by atoms with E-state index in [1.54, 1.807) is 6.92 Å². The number of hydrazone groups is 1. The molecule has 3 heteroatoms. The summed E-state index contributed by atoms with van der Waals surface area (Å²) in [6.07, 6.45) is 3.86. The summed E-state index contributed by atoms with van der Waals surface area (Å²) < 4.78 is 0. The van der Waals surface area contributed by atoms with Crippen LogP contribution in [0.3, 0.4) is 0 Å². The van der Waals surface area contributed by atoms with Gasteiger partial charge in [-0.25, -0.2) is 0 Å². The molecule has 0 amide bonds. The highest BCUT2D eigenvalue weighted by molar-refractivity contribution is 6.40. The van der Waals surface area contributed by atoms with Crippen LogP contribution in [0.1, 0.15) is 26.2 Å². The van der Waals surface area contributed by atoms with Gasteiger partial charge in [0.15, 0.2) is 5.78 Å². The minimum atomic E-state index is 0.154. The van der Waals surface area contributed by atoms with E-state index in [2.05, 4.69) is 22.2 Å². The van der Waals surface area contributed by atoms with Crippen LogP contribution in [0.15, 0.2) is 35.4 Å². The largest absolute Gasteiger partial charge is 0.293 e. The summed E-state index contributed by atoms with van der Waals surface area (Å²) in [5.41, 5.74) is 1.95. The summed E-state index contributed by atoms with van der Waals surface area (Å²) in [6, 6.07) is 10.7. The average Bonchev–Trinajstić information content (AvgIpc) is 3.11. The van der Waals surface area contributed by atoms with E-state index in [4.69, 9.17) is 0 Å². The Kier molecular flexibility index (Phi) is 2.32. The molecule has 0 saturated heterocycles. The molecule has 2 bridgehead atoms. The molecule has 19 heavy (non-hydrogen) atoms. The molecule has 98 valence electrons. The predicted octanol–water partition coefficient (Wildman–Crippen LogP) is 2.87. The molecular weight excluding hydrogens is 236 g/mol. The fraction of sp³-hybridized carbons (Fsp3) is 0.500. The number of hydrogen-bond donors (Lipinski definition) is 0. The first-order valence-electron chi connectivity index (χ1n) is 7.19. The molecule has 1 aromatic carbocycles. The van der Waals surface area contributed by atoms with Gasteiger partial charge >= 0.3 is 0 Å². The maximum atomic E-state index is 11.9. The Bertz CT molecular complexity index is 551. The minimum Gasteiger partial charge on any atom is -0.293 e. The van der Waals surface area contributed by atoms with Crippen LogP contribution in [-0.4, -0.2) is 17.5 Å². The Hall–Kier alpha value is -1.64. The van der Waals surface area contributed by atoms with Crippen LogP contribution in [0.4, 0.5) is 5.69 Å². The van der Waals surface area contributed by atoms with Gasteiger partial charge in [0, 0.05) is 12.8 Å². The van der Waals surface area contributed by atoms with Gasteiger partial charge in [0.1, 0.15) is 5.71 Å². The molecule has 3 aliphatic rings. The van der Waals surface area contributed by atoms with Crippen molar-refractivity contribution >= 4 is 17.2 Å². The zero-order valence-electron chi connectivity index (χ0n) is 11.1. The Morgan fingerprint density at radius 1 is 1.21 bits per heavy atom. The molecular formula is C16H18N2O. The van der Waals surface area contributed by atoms with Crippen LogP contribution in [0, 0.1) is 17.8 Å². The molecule has 0 N–H and O–H groups in total. The van der Waals surface area contributed by atoms with Crippen LogP contribution >= 0.6 is 0 Å². The smallest absolute Gasteiger partial charge is 0.176 e. The second kappa shape index (κ2) is 3.92. The molecule has 0 unspecified atom stereocenters. The van der Waals surface area contributed by atoms with Crippen molar-refractivity contribution in [3.63, 3.8) is 0 Å². The third-order valence-corrected chi connectivity index (χ3v) is 5.07. The van der Waals surface area contributed by atoms with E-state index in [0.29, 0.717) is 17.9 Å². The first-order valence-corrected chi connectivity index (χ1v) is 7.19. The highest BCUT2D eigenvalue weighted by Gasteiger charge is 2.56. The van der Waals surface area contributed by atoms with Crippen molar-refractivity contribution in [2.24, 2.45) is 22.9 Å². The zero-order valence-corrected chi connectivity index (χ0v) is 11.1. The van der Waals surface area contributed by atoms with Crippen LogP contribution in [-0.2, 0) is 4.79 Å². The van der Waals surface area contributed by atoms with Gasteiger partial charge in [-0.2, -0.15) is 5.10 Å². The molecule has 2 fully saturated rings. The van der Waals surface area contributed by atoms with Gasteiger partial charge in [0.05, 0.1) is 11.7 Å². The second-order valence-corrected chi connectivity index (χ2v) is 6.07. The van der Waals surface area contributed by atoms with Crippen LogP contribution in [0.5, 0.6) is 0 Å². The van der Waals surface area contributed by atoms with E-state index in [0.717, 1.165) is 17.3 Å². The molecule has 0 spiro atoms. The fourth-order valence-corrected chi connectivity index (χ4v) is 4.36. The molecule has 1 aromatic rings. The topological polar surface area (TPSA) is 32.7 Å². The molecule has 3 nitrogen and oxygen atoms in total. The van der Waals surface area contributed by atoms with Crippen LogP contribution < -0.4 is 5.01 Å². The summed E-state index contributed by atoms with van der Waals surface area (Å²) in [7, 11) is 0. The third kappa shape index (κ3) is 1.50. The van der Waals surface area contributed by atoms with Gasteiger partial charge in [-0.3, -0.25) is 9.80 Å². The lowest BCUT2D eigenvalue weighted by atomic mass is 9.81. The number of Topliss-reactive ketones (excluding diaryl/α,β-unsaturated/α-hetero) is 1. The number of para-hydroxylation sites is 1. The Morgan fingerprint density at radius 2 is 1.95 bits per heavy atom. The van der Waals surface area contributed by atoms with Crippen LogP contribution in [0.2, 0.25) is 0 Å². The molecule has 1 aliphatic heterocycles. The summed E-state index contributed by atoms with van der Waals surface area (Å²) in [6.45, 7) is 1.66. The van der Waals surface area contributed by atoms with Gasteiger partial charge < -0.3 is 0 Å². The van der Waals surface area contributed by atoms with E-state index in [-0.39, 0.29) is 5.78 Å². The van der Waals surface area contributed by atoms with E-state index in [9.17, 15) is 4.79 Å². The number of ketones is 1. The molecule has 0 radical (unpaired) electrons. The third-order valence-electron chi connectivity index (χ3n) is 5.07. The fourth-order valence-electron chi connectivity index (χ4n) is 4.36. The number of anilines is 1. The Morgan fingerprint density at radius 3 is 2.68 bits per heavy atom. The monoisotopic (exact) mass is 254 g/mol. The predicted molar refractivity (Wildman–Crippen MR) is 75.1 cm³/mol. The van der Waals surface area contributed by atoms with E-state index in [1.807, 2.05) is 18.2 Å². The maximum Gasteiger partial charge on any atom is 0.176 e. The molecule has 2 aliphatic carbocycles. The Labute approximate surface area is 113 Å². The quantitative estimate of drug-likeness (QED) is 0.813. The normalized spacial score (nSPS) is 35.4. The second-order valence-electron chi connectivity index (χ2n) is 6.07. The lowest BCUT2D eigenvalue weighted by Gasteiger charge is -2.31. The van der Waals surface area contributed by atoms with E-state index in [1.165, 1.54) is 19.3 Å². The van der Waals surface area contributed by atoms with Gasteiger partial charge in [-0.15, -0.1) is 0 Å². The van der Waals surface area contributed by atoms with Crippen molar-refractivity contribution in [2.75, 3.05) is 5.01 Å². The van der Waals surface area contributed by atoms with Crippen molar-refractivity contribution in [1.29, 1.82) is 0 Å². The summed E-state index contributed by atoms with van der Waals surface area (Å²) in [4.78, 5) is 11.9. The molecule has 1 heterocycles. The lowest BCUT2D eigenvalue weighted by Crippen LogP contribution is -2.39. The highest BCUT2D eigenvalue weighted by Crippen LogP contribution is 2.54. The Balaban J connectivity index is 1.77. The summed E-state index contributed by atoms with van der Waals surface area (Å²) in [5.74, 6) is 1.94. The van der Waals surface area contributed by atoms with Gasteiger partial charge in [0.25, 0.3) is 0 Å². The zero-order chi connectivity index (χ0) is 13.0. The molecule has 4 rings (SSSR count). The average molecular weight is 254 g/mol.